The molecule has 0 unspecified atom stereocenters. The average molecular weight is 315 g/mol. The number of aryl methyl sites for hydroxylation is 1. The van der Waals surface area contributed by atoms with Crippen LogP contribution in [0, 0.1) is 0 Å². The second-order valence-electron chi connectivity index (χ2n) is 6.38. The van der Waals surface area contributed by atoms with E-state index in [2.05, 4.69) is 18.1 Å². The first kappa shape index (κ1) is 17.6. The zero-order chi connectivity index (χ0) is 16.5. The van der Waals surface area contributed by atoms with Gasteiger partial charge in [0.05, 0.1) is 5.71 Å². The van der Waals surface area contributed by atoms with Crippen LogP contribution >= 0.6 is 0 Å². The zero-order valence-corrected chi connectivity index (χ0v) is 14.5. The molecule has 0 aliphatic rings. The summed E-state index contributed by atoms with van der Waals surface area (Å²) >= 11 is 0. The zero-order valence-electron chi connectivity index (χ0n) is 14.5. The maximum absolute atomic E-state index is 8.86. The standard InChI is InChI=1S/C20H29NO2/c1-3-4-5-6-7-8-9-10-11-19-15-18-14-17(16(2)21-22)12-13-20(18)23-19/h12-15,22H,3-11H2,1-2H3/b21-16-. The van der Waals surface area contributed by atoms with Crippen molar-refractivity contribution in [3.8, 4) is 0 Å². The van der Waals surface area contributed by atoms with Crippen molar-refractivity contribution in [2.75, 3.05) is 0 Å². The largest absolute Gasteiger partial charge is 0.461 e. The summed E-state index contributed by atoms with van der Waals surface area (Å²) in [6, 6.07) is 8.02. The normalized spacial score (nSPS) is 12.2. The van der Waals surface area contributed by atoms with E-state index in [1.165, 1.54) is 51.4 Å². The summed E-state index contributed by atoms with van der Waals surface area (Å²) in [5, 5.41) is 13.2. The maximum atomic E-state index is 8.86. The molecular weight excluding hydrogens is 286 g/mol. The Morgan fingerprint density at radius 2 is 1.70 bits per heavy atom. The highest BCUT2D eigenvalue weighted by Crippen LogP contribution is 2.23. The molecule has 0 atom stereocenters. The number of rotatable bonds is 10. The molecule has 1 N–H and O–H groups in total. The Hall–Kier alpha value is -1.77. The third-order valence-electron chi connectivity index (χ3n) is 4.41. The van der Waals surface area contributed by atoms with Crippen LogP contribution in [0.4, 0.5) is 0 Å². The lowest BCUT2D eigenvalue weighted by Crippen LogP contribution is -1.92. The predicted molar refractivity (Wildman–Crippen MR) is 96.5 cm³/mol. The third-order valence-corrected chi connectivity index (χ3v) is 4.41. The van der Waals surface area contributed by atoms with Crippen molar-refractivity contribution in [2.24, 2.45) is 5.16 Å². The molecule has 0 saturated heterocycles. The molecule has 0 aliphatic heterocycles. The summed E-state index contributed by atoms with van der Waals surface area (Å²) in [6.07, 6.45) is 11.6. The van der Waals surface area contributed by atoms with Gasteiger partial charge in [-0.2, -0.15) is 0 Å². The van der Waals surface area contributed by atoms with E-state index in [0.29, 0.717) is 5.71 Å². The fourth-order valence-electron chi connectivity index (χ4n) is 2.94. The van der Waals surface area contributed by atoms with Gasteiger partial charge in [-0.15, -0.1) is 0 Å². The molecule has 0 radical (unpaired) electrons. The fraction of sp³-hybridized carbons (Fsp3) is 0.550. The van der Waals surface area contributed by atoms with Crippen molar-refractivity contribution in [3.05, 3.63) is 35.6 Å². The van der Waals surface area contributed by atoms with Gasteiger partial charge in [-0.3, -0.25) is 0 Å². The van der Waals surface area contributed by atoms with Crippen molar-refractivity contribution in [2.45, 2.75) is 71.6 Å². The Morgan fingerprint density at radius 1 is 1.00 bits per heavy atom. The minimum absolute atomic E-state index is 0.623. The molecule has 0 saturated carbocycles. The molecule has 126 valence electrons. The summed E-state index contributed by atoms with van der Waals surface area (Å²) < 4.78 is 5.89. The molecule has 1 aromatic carbocycles. The van der Waals surface area contributed by atoms with Crippen molar-refractivity contribution in [1.29, 1.82) is 0 Å². The Kier molecular flexibility index (Phi) is 7.18. The van der Waals surface area contributed by atoms with Crippen LogP contribution in [0.5, 0.6) is 0 Å². The summed E-state index contributed by atoms with van der Waals surface area (Å²) in [5.41, 5.74) is 2.46. The summed E-state index contributed by atoms with van der Waals surface area (Å²) in [6.45, 7) is 4.05. The van der Waals surface area contributed by atoms with Gasteiger partial charge in [0.25, 0.3) is 0 Å². The number of fused-ring (bicyclic) bond motifs is 1. The van der Waals surface area contributed by atoms with E-state index in [1.54, 1.807) is 6.92 Å². The SMILES string of the molecule is CCCCCCCCCCc1cc2cc(/C(C)=N\O)ccc2o1. The monoisotopic (exact) mass is 315 g/mol. The van der Waals surface area contributed by atoms with Crippen LogP contribution in [0.2, 0.25) is 0 Å². The summed E-state index contributed by atoms with van der Waals surface area (Å²) in [7, 11) is 0. The van der Waals surface area contributed by atoms with E-state index in [-0.39, 0.29) is 0 Å². The van der Waals surface area contributed by atoms with Gasteiger partial charge < -0.3 is 9.62 Å². The number of hydrogen-bond donors (Lipinski definition) is 1. The van der Waals surface area contributed by atoms with Gasteiger partial charge in [0.1, 0.15) is 11.3 Å². The molecule has 0 bridgehead atoms. The minimum atomic E-state index is 0.623. The molecule has 2 aromatic rings. The maximum Gasteiger partial charge on any atom is 0.134 e. The first-order valence-electron chi connectivity index (χ1n) is 8.96. The lowest BCUT2D eigenvalue weighted by atomic mass is 10.1. The number of benzene rings is 1. The second kappa shape index (κ2) is 9.39. The van der Waals surface area contributed by atoms with Gasteiger partial charge >= 0.3 is 0 Å². The van der Waals surface area contributed by atoms with E-state index < -0.39 is 0 Å². The highest BCUT2D eigenvalue weighted by Gasteiger charge is 2.06. The van der Waals surface area contributed by atoms with E-state index in [9.17, 15) is 0 Å². The first-order valence-corrected chi connectivity index (χ1v) is 8.96. The number of hydrogen-bond acceptors (Lipinski definition) is 3. The average Bonchev–Trinajstić information content (AvgIpc) is 2.98. The summed E-state index contributed by atoms with van der Waals surface area (Å²) in [5.74, 6) is 1.06. The Bertz CT molecular complexity index is 628. The molecule has 2 rings (SSSR count). The van der Waals surface area contributed by atoms with E-state index in [4.69, 9.17) is 9.62 Å². The molecule has 0 fully saturated rings. The van der Waals surface area contributed by atoms with Crippen molar-refractivity contribution in [3.63, 3.8) is 0 Å². The topological polar surface area (TPSA) is 45.7 Å². The molecule has 0 aliphatic carbocycles. The number of furan rings is 1. The van der Waals surface area contributed by atoms with Crippen molar-refractivity contribution >= 4 is 16.7 Å². The van der Waals surface area contributed by atoms with Gasteiger partial charge in [-0.25, -0.2) is 0 Å². The molecule has 0 spiro atoms. The van der Waals surface area contributed by atoms with Crippen LogP contribution < -0.4 is 0 Å². The highest BCUT2D eigenvalue weighted by atomic mass is 16.4. The van der Waals surface area contributed by atoms with Gasteiger partial charge in [-0.1, -0.05) is 57.0 Å². The van der Waals surface area contributed by atoms with Gasteiger partial charge in [0.15, 0.2) is 0 Å². The van der Waals surface area contributed by atoms with Crippen LogP contribution in [-0.2, 0) is 6.42 Å². The van der Waals surface area contributed by atoms with Crippen molar-refractivity contribution in [1.82, 2.24) is 0 Å². The van der Waals surface area contributed by atoms with Crippen LogP contribution in [0.15, 0.2) is 33.8 Å². The summed E-state index contributed by atoms with van der Waals surface area (Å²) in [4.78, 5) is 0. The van der Waals surface area contributed by atoms with E-state index in [0.717, 1.165) is 28.7 Å². The lowest BCUT2D eigenvalue weighted by molar-refractivity contribution is 0.319. The van der Waals surface area contributed by atoms with E-state index >= 15 is 0 Å². The second-order valence-corrected chi connectivity index (χ2v) is 6.38. The number of nitrogens with zero attached hydrogens (tertiary/aromatic N) is 1. The number of unbranched alkanes of at least 4 members (excludes halogenated alkanes) is 7. The smallest absolute Gasteiger partial charge is 0.134 e. The Balaban J connectivity index is 1.78. The molecule has 23 heavy (non-hydrogen) atoms. The Labute approximate surface area is 139 Å². The Morgan fingerprint density at radius 3 is 2.39 bits per heavy atom. The van der Waals surface area contributed by atoms with Crippen LogP contribution in [-0.4, -0.2) is 10.9 Å². The molecule has 3 nitrogen and oxygen atoms in total. The number of oxime groups is 1. The highest BCUT2D eigenvalue weighted by molar-refractivity contribution is 6.01. The molecule has 0 amide bonds. The fourth-order valence-corrected chi connectivity index (χ4v) is 2.94. The lowest BCUT2D eigenvalue weighted by Gasteiger charge is -2.00. The van der Waals surface area contributed by atoms with E-state index in [1.807, 2.05) is 18.2 Å². The van der Waals surface area contributed by atoms with Gasteiger partial charge in [0.2, 0.25) is 0 Å². The molecular formula is C20H29NO2. The minimum Gasteiger partial charge on any atom is -0.461 e. The quantitative estimate of drug-likeness (QED) is 0.241. The molecule has 3 heteroatoms. The third kappa shape index (κ3) is 5.42. The van der Waals surface area contributed by atoms with Crippen LogP contribution in [0.1, 0.15) is 76.5 Å². The molecule has 1 aromatic heterocycles. The van der Waals surface area contributed by atoms with Crippen LogP contribution in [0.25, 0.3) is 11.0 Å². The van der Waals surface area contributed by atoms with Gasteiger partial charge in [-0.05, 0) is 43.2 Å². The van der Waals surface area contributed by atoms with Gasteiger partial charge in [0, 0.05) is 11.8 Å². The van der Waals surface area contributed by atoms with Crippen molar-refractivity contribution < 1.29 is 9.62 Å². The predicted octanol–water partition coefficient (Wildman–Crippen LogP) is 6.31. The first-order chi connectivity index (χ1) is 11.2. The van der Waals surface area contributed by atoms with Crippen LogP contribution in [0.3, 0.4) is 0 Å². The molecule has 1 heterocycles.